The Hall–Kier alpha value is -0.960. The number of nitrogens with zero attached hydrogens (tertiary/aromatic N) is 2. The first-order chi connectivity index (χ1) is 9.28. The lowest BCUT2D eigenvalue weighted by Crippen LogP contribution is -2.28. The monoisotopic (exact) mass is 259 g/mol. The van der Waals surface area contributed by atoms with Gasteiger partial charge < -0.3 is 5.32 Å². The van der Waals surface area contributed by atoms with E-state index in [1.165, 1.54) is 42.6 Å². The van der Waals surface area contributed by atoms with Crippen LogP contribution in [0.15, 0.2) is 0 Å². The third-order valence-corrected chi connectivity index (χ3v) is 4.68. The van der Waals surface area contributed by atoms with Crippen molar-refractivity contribution in [2.24, 2.45) is 5.92 Å². The molecule has 0 bridgehead atoms. The number of fused-ring (bicyclic) bond motifs is 1. The molecule has 1 saturated carbocycles. The summed E-state index contributed by atoms with van der Waals surface area (Å²) in [4.78, 5) is 9.83. The van der Waals surface area contributed by atoms with Crippen molar-refractivity contribution in [3.8, 4) is 0 Å². The molecule has 19 heavy (non-hydrogen) atoms. The van der Waals surface area contributed by atoms with Crippen LogP contribution < -0.4 is 5.32 Å². The van der Waals surface area contributed by atoms with Crippen molar-refractivity contribution >= 4 is 0 Å². The third kappa shape index (κ3) is 2.66. The summed E-state index contributed by atoms with van der Waals surface area (Å²) in [6.07, 6.45) is 7.41. The molecule has 3 nitrogen and oxygen atoms in total. The first-order valence-corrected chi connectivity index (χ1v) is 7.87. The summed E-state index contributed by atoms with van der Waals surface area (Å²) in [5.41, 5.74) is 4.00. The van der Waals surface area contributed by atoms with Crippen molar-refractivity contribution in [2.45, 2.75) is 64.8 Å². The van der Waals surface area contributed by atoms with Gasteiger partial charge in [-0.25, -0.2) is 9.97 Å². The van der Waals surface area contributed by atoms with Gasteiger partial charge in [0.1, 0.15) is 5.82 Å². The Morgan fingerprint density at radius 3 is 2.95 bits per heavy atom. The van der Waals surface area contributed by atoms with Gasteiger partial charge in [0.2, 0.25) is 0 Å². The first kappa shape index (κ1) is 13.0. The maximum atomic E-state index is 4.92. The summed E-state index contributed by atoms with van der Waals surface area (Å²) in [6.45, 7) is 6.59. The molecule has 3 rings (SSSR count). The van der Waals surface area contributed by atoms with Crippen molar-refractivity contribution in [3.05, 3.63) is 22.8 Å². The van der Waals surface area contributed by atoms with Crippen LogP contribution in [0, 0.1) is 5.92 Å². The summed E-state index contributed by atoms with van der Waals surface area (Å²) < 4.78 is 0. The van der Waals surface area contributed by atoms with E-state index in [1.807, 2.05) is 0 Å². The smallest absolute Gasteiger partial charge is 0.132 e. The Morgan fingerprint density at radius 1 is 1.26 bits per heavy atom. The largest absolute Gasteiger partial charge is 0.311 e. The molecule has 0 spiro atoms. The summed E-state index contributed by atoms with van der Waals surface area (Å²) >= 11 is 0. The van der Waals surface area contributed by atoms with E-state index in [9.17, 15) is 0 Å². The normalized spacial score (nSPS) is 27.1. The van der Waals surface area contributed by atoms with Gasteiger partial charge in [-0.1, -0.05) is 26.7 Å². The van der Waals surface area contributed by atoms with Gasteiger partial charge in [-0.3, -0.25) is 0 Å². The second kappa shape index (κ2) is 5.58. The molecular weight excluding hydrogens is 234 g/mol. The summed E-state index contributed by atoms with van der Waals surface area (Å²) in [7, 11) is 0. The third-order valence-electron chi connectivity index (χ3n) is 4.68. The highest BCUT2D eigenvalue weighted by molar-refractivity contribution is 5.29. The Labute approximate surface area is 116 Å². The van der Waals surface area contributed by atoms with Gasteiger partial charge in [0, 0.05) is 18.2 Å². The Balaban J connectivity index is 1.93. The Morgan fingerprint density at radius 2 is 2.16 bits per heavy atom. The lowest BCUT2D eigenvalue weighted by Gasteiger charge is -2.27. The van der Waals surface area contributed by atoms with Crippen molar-refractivity contribution in [1.29, 1.82) is 0 Å². The fourth-order valence-corrected chi connectivity index (χ4v) is 3.60. The molecule has 1 N–H and O–H groups in total. The zero-order valence-corrected chi connectivity index (χ0v) is 12.2. The zero-order chi connectivity index (χ0) is 13.2. The van der Waals surface area contributed by atoms with E-state index >= 15 is 0 Å². The fourth-order valence-electron chi connectivity index (χ4n) is 3.60. The quantitative estimate of drug-likeness (QED) is 0.887. The highest BCUT2D eigenvalue weighted by Gasteiger charge is 2.25. The maximum absolute atomic E-state index is 4.92. The summed E-state index contributed by atoms with van der Waals surface area (Å²) in [6, 6.07) is 0. The van der Waals surface area contributed by atoms with Crippen LogP contribution in [-0.4, -0.2) is 16.5 Å². The van der Waals surface area contributed by atoms with Gasteiger partial charge >= 0.3 is 0 Å². The lowest BCUT2D eigenvalue weighted by molar-refractivity contribution is 0.333. The van der Waals surface area contributed by atoms with Gasteiger partial charge in [-0.05, 0) is 43.7 Å². The molecule has 104 valence electrons. The zero-order valence-electron chi connectivity index (χ0n) is 12.2. The standard InChI is InChI=1S/C16H25N3/c1-3-14-13-7-8-17-10-15(13)19-16(18-14)12-6-4-5-11(2)9-12/h11-12,17H,3-10H2,1-2H3. The molecule has 2 unspecified atom stereocenters. The second-order valence-corrected chi connectivity index (χ2v) is 6.20. The molecule has 2 heterocycles. The number of hydrogen-bond acceptors (Lipinski definition) is 3. The number of hydrogen-bond donors (Lipinski definition) is 1. The van der Waals surface area contributed by atoms with Crippen molar-refractivity contribution < 1.29 is 0 Å². The number of aryl methyl sites for hydroxylation is 1. The molecule has 0 radical (unpaired) electrons. The second-order valence-electron chi connectivity index (χ2n) is 6.20. The molecule has 1 fully saturated rings. The number of nitrogens with one attached hydrogen (secondary N) is 1. The van der Waals surface area contributed by atoms with E-state index in [4.69, 9.17) is 9.97 Å². The van der Waals surface area contributed by atoms with Crippen LogP contribution in [0.4, 0.5) is 0 Å². The molecule has 0 saturated heterocycles. The fraction of sp³-hybridized carbons (Fsp3) is 0.750. The van der Waals surface area contributed by atoms with Gasteiger partial charge in [-0.2, -0.15) is 0 Å². The van der Waals surface area contributed by atoms with Gasteiger partial charge in [0.25, 0.3) is 0 Å². The summed E-state index contributed by atoms with van der Waals surface area (Å²) in [5, 5.41) is 3.44. The SMILES string of the molecule is CCc1nc(C2CCCC(C)C2)nc2c1CCNC2. The minimum atomic E-state index is 0.598. The van der Waals surface area contributed by atoms with E-state index < -0.39 is 0 Å². The first-order valence-electron chi connectivity index (χ1n) is 7.87. The molecule has 2 aliphatic rings. The molecule has 1 aliphatic carbocycles. The number of rotatable bonds is 2. The van der Waals surface area contributed by atoms with E-state index in [0.29, 0.717) is 5.92 Å². The topological polar surface area (TPSA) is 37.8 Å². The highest BCUT2D eigenvalue weighted by Crippen LogP contribution is 2.35. The van der Waals surface area contributed by atoms with Crippen LogP contribution in [0.5, 0.6) is 0 Å². The minimum absolute atomic E-state index is 0.598. The highest BCUT2D eigenvalue weighted by atomic mass is 15.0. The summed E-state index contributed by atoms with van der Waals surface area (Å²) in [5.74, 6) is 2.56. The van der Waals surface area contributed by atoms with E-state index in [2.05, 4.69) is 19.2 Å². The molecule has 1 aromatic heterocycles. The van der Waals surface area contributed by atoms with Crippen molar-refractivity contribution in [3.63, 3.8) is 0 Å². The minimum Gasteiger partial charge on any atom is -0.311 e. The average Bonchev–Trinajstić information content (AvgIpc) is 2.46. The van der Waals surface area contributed by atoms with Crippen molar-refractivity contribution in [2.75, 3.05) is 6.54 Å². The Bertz CT molecular complexity index is 438. The lowest BCUT2D eigenvalue weighted by atomic mass is 9.82. The molecular formula is C16H25N3. The van der Waals surface area contributed by atoms with E-state index in [0.717, 1.165) is 37.7 Å². The molecule has 0 amide bonds. The molecule has 3 heteroatoms. The van der Waals surface area contributed by atoms with Crippen LogP contribution in [0.1, 0.15) is 68.2 Å². The van der Waals surface area contributed by atoms with Crippen molar-refractivity contribution in [1.82, 2.24) is 15.3 Å². The van der Waals surface area contributed by atoms with Crippen LogP contribution in [-0.2, 0) is 19.4 Å². The van der Waals surface area contributed by atoms with Crippen LogP contribution >= 0.6 is 0 Å². The van der Waals surface area contributed by atoms with E-state index in [1.54, 1.807) is 0 Å². The van der Waals surface area contributed by atoms with Crippen LogP contribution in [0.25, 0.3) is 0 Å². The maximum Gasteiger partial charge on any atom is 0.132 e. The molecule has 2 atom stereocenters. The number of aromatic nitrogens is 2. The van der Waals surface area contributed by atoms with Crippen LogP contribution in [0.2, 0.25) is 0 Å². The van der Waals surface area contributed by atoms with Gasteiger partial charge in [0.05, 0.1) is 5.69 Å². The predicted octanol–water partition coefficient (Wildman–Crippen LogP) is 2.98. The van der Waals surface area contributed by atoms with Gasteiger partial charge in [0.15, 0.2) is 0 Å². The van der Waals surface area contributed by atoms with E-state index in [-0.39, 0.29) is 0 Å². The van der Waals surface area contributed by atoms with Crippen LogP contribution in [0.3, 0.4) is 0 Å². The average molecular weight is 259 g/mol. The molecule has 0 aromatic carbocycles. The molecule has 1 aliphatic heterocycles. The van der Waals surface area contributed by atoms with Gasteiger partial charge in [-0.15, -0.1) is 0 Å². The predicted molar refractivity (Wildman–Crippen MR) is 77.2 cm³/mol. The Kier molecular flexibility index (Phi) is 3.83. The molecule has 1 aromatic rings.